The van der Waals surface area contributed by atoms with Crippen LogP contribution in [0, 0.1) is 13.8 Å². The summed E-state index contributed by atoms with van der Waals surface area (Å²) in [5, 5.41) is 4.53. The highest BCUT2D eigenvalue weighted by Gasteiger charge is 2.19. The molecule has 0 unspecified atom stereocenters. The molecule has 0 spiro atoms. The van der Waals surface area contributed by atoms with Gasteiger partial charge in [0.15, 0.2) is 6.10 Å². The van der Waals surface area contributed by atoms with Crippen molar-refractivity contribution in [3.63, 3.8) is 0 Å². The van der Waals surface area contributed by atoms with Crippen molar-refractivity contribution in [1.29, 1.82) is 0 Å². The molecule has 0 heterocycles. The molecule has 0 aromatic heterocycles. The summed E-state index contributed by atoms with van der Waals surface area (Å²) < 4.78 is 5.02. The number of amides is 3. The first-order valence-corrected chi connectivity index (χ1v) is 8.30. The van der Waals surface area contributed by atoms with Gasteiger partial charge in [0, 0.05) is 11.4 Å². The van der Waals surface area contributed by atoms with Crippen molar-refractivity contribution in [1.82, 2.24) is 10.6 Å². The SMILES string of the molecule is CCNC(=O)NC(=O)[C@@H](C)OC(=O)CSc1ccc(C)c(C)c1. The molecule has 0 bridgehead atoms. The molecule has 0 radical (unpaired) electrons. The third-order valence-corrected chi connectivity index (χ3v) is 4.05. The zero-order valence-corrected chi connectivity index (χ0v) is 14.6. The van der Waals surface area contributed by atoms with Crippen molar-refractivity contribution < 1.29 is 19.1 Å². The fourth-order valence-electron chi connectivity index (χ4n) is 1.65. The normalized spacial score (nSPS) is 11.5. The molecular weight excluding hydrogens is 316 g/mol. The van der Waals surface area contributed by atoms with E-state index in [4.69, 9.17) is 4.74 Å². The summed E-state index contributed by atoms with van der Waals surface area (Å²) in [6.07, 6.45) is -1.02. The number of benzene rings is 1. The van der Waals surface area contributed by atoms with E-state index >= 15 is 0 Å². The summed E-state index contributed by atoms with van der Waals surface area (Å²) in [6.45, 7) is 7.59. The minimum atomic E-state index is -1.02. The highest BCUT2D eigenvalue weighted by Crippen LogP contribution is 2.21. The van der Waals surface area contributed by atoms with Crippen LogP contribution in [0.1, 0.15) is 25.0 Å². The number of carbonyl (C=O) groups is 3. The maximum atomic E-state index is 11.8. The van der Waals surface area contributed by atoms with Crippen molar-refractivity contribution in [2.75, 3.05) is 12.3 Å². The molecule has 126 valence electrons. The lowest BCUT2D eigenvalue weighted by atomic mass is 10.1. The predicted octanol–water partition coefficient (Wildman–Crippen LogP) is 2.17. The highest BCUT2D eigenvalue weighted by atomic mass is 32.2. The Labute approximate surface area is 140 Å². The Morgan fingerprint density at radius 3 is 2.52 bits per heavy atom. The number of imide groups is 1. The quantitative estimate of drug-likeness (QED) is 0.613. The summed E-state index contributed by atoms with van der Waals surface area (Å²) in [5.74, 6) is -1.06. The summed E-state index contributed by atoms with van der Waals surface area (Å²) in [6, 6.07) is 5.32. The number of hydrogen-bond acceptors (Lipinski definition) is 5. The highest BCUT2D eigenvalue weighted by molar-refractivity contribution is 8.00. The average Bonchev–Trinajstić information content (AvgIpc) is 2.48. The molecule has 0 fully saturated rings. The van der Waals surface area contributed by atoms with Crippen LogP contribution in [0.25, 0.3) is 0 Å². The number of thioether (sulfide) groups is 1. The number of aryl methyl sites for hydroxylation is 2. The van der Waals surface area contributed by atoms with Crippen molar-refractivity contribution >= 4 is 29.7 Å². The number of hydrogen-bond donors (Lipinski definition) is 2. The smallest absolute Gasteiger partial charge is 0.321 e. The number of esters is 1. The molecule has 1 atom stereocenters. The zero-order valence-electron chi connectivity index (χ0n) is 13.8. The summed E-state index contributed by atoms with van der Waals surface area (Å²) in [5.41, 5.74) is 2.34. The van der Waals surface area contributed by atoms with Crippen LogP contribution in [-0.2, 0) is 14.3 Å². The van der Waals surface area contributed by atoms with Gasteiger partial charge in [0.05, 0.1) is 5.75 Å². The molecule has 0 saturated carbocycles. The van der Waals surface area contributed by atoms with E-state index in [1.807, 2.05) is 32.0 Å². The van der Waals surface area contributed by atoms with Crippen molar-refractivity contribution in [2.45, 2.75) is 38.7 Å². The van der Waals surface area contributed by atoms with E-state index in [1.54, 1.807) is 6.92 Å². The van der Waals surface area contributed by atoms with Gasteiger partial charge in [0.2, 0.25) is 0 Å². The Kier molecular flexibility index (Phi) is 7.61. The van der Waals surface area contributed by atoms with Gasteiger partial charge in [-0.05, 0) is 51.0 Å². The standard InChI is InChI=1S/C16H22N2O4S/c1-5-17-16(21)18-15(20)12(4)22-14(19)9-23-13-7-6-10(2)11(3)8-13/h6-8,12H,5,9H2,1-4H3,(H2,17,18,20,21)/t12-/m1/s1. The largest absolute Gasteiger partial charge is 0.452 e. The van der Waals surface area contributed by atoms with Gasteiger partial charge < -0.3 is 10.1 Å². The number of carbonyl (C=O) groups excluding carboxylic acids is 3. The summed E-state index contributed by atoms with van der Waals surface area (Å²) >= 11 is 1.34. The van der Waals surface area contributed by atoms with Crippen LogP contribution in [0.5, 0.6) is 0 Å². The number of rotatable bonds is 6. The molecule has 0 aliphatic heterocycles. The number of nitrogens with one attached hydrogen (secondary N) is 2. The zero-order chi connectivity index (χ0) is 17.4. The van der Waals surface area contributed by atoms with Gasteiger partial charge in [-0.2, -0.15) is 0 Å². The van der Waals surface area contributed by atoms with Crippen molar-refractivity contribution in [2.24, 2.45) is 0 Å². The average molecular weight is 338 g/mol. The second kappa shape index (κ2) is 9.19. The predicted molar refractivity (Wildman–Crippen MR) is 89.4 cm³/mol. The van der Waals surface area contributed by atoms with Crippen LogP contribution in [0.3, 0.4) is 0 Å². The Morgan fingerprint density at radius 2 is 1.91 bits per heavy atom. The Morgan fingerprint density at radius 1 is 1.22 bits per heavy atom. The van der Waals surface area contributed by atoms with E-state index in [2.05, 4.69) is 10.6 Å². The van der Waals surface area contributed by atoms with Crippen LogP contribution in [0.4, 0.5) is 4.79 Å². The monoisotopic (exact) mass is 338 g/mol. The molecule has 3 amide bonds. The van der Waals surface area contributed by atoms with Crippen LogP contribution in [0.15, 0.2) is 23.1 Å². The van der Waals surface area contributed by atoms with E-state index in [0.29, 0.717) is 6.54 Å². The maximum Gasteiger partial charge on any atom is 0.321 e. The third kappa shape index (κ3) is 6.73. The minimum absolute atomic E-state index is 0.0985. The Bertz CT molecular complexity index is 589. The molecule has 6 nitrogen and oxygen atoms in total. The van der Waals surface area contributed by atoms with Crippen LogP contribution in [0.2, 0.25) is 0 Å². The molecule has 23 heavy (non-hydrogen) atoms. The van der Waals surface area contributed by atoms with Gasteiger partial charge in [-0.15, -0.1) is 11.8 Å². The van der Waals surface area contributed by atoms with Gasteiger partial charge in [0.25, 0.3) is 5.91 Å². The van der Waals surface area contributed by atoms with Crippen LogP contribution >= 0.6 is 11.8 Å². The maximum absolute atomic E-state index is 11.8. The lowest BCUT2D eigenvalue weighted by Gasteiger charge is -2.13. The van der Waals surface area contributed by atoms with Gasteiger partial charge >= 0.3 is 12.0 Å². The first-order chi connectivity index (χ1) is 10.8. The molecule has 7 heteroatoms. The second-order valence-electron chi connectivity index (χ2n) is 5.02. The first kappa shape index (κ1) is 19.0. The lowest BCUT2D eigenvalue weighted by Crippen LogP contribution is -2.44. The number of ether oxygens (including phenoxy) is 1. The third-order valence-electron chi connectivity index (χ3n) is 3.09. The summed E-state index contributed by atoms with van der Waals surface area (Å²) in [4.78, 5) is 35.6. The van der Waals surface area contributed by atoms with Gasteiger partial charge in [-0.3, -0.25) is 14.9 Å². The van der Waals surface area contributed by atoms with Gasteiger partial charge in [0.1, 0.15) is 0 Å². The molecule has 0 saturated heterocycles. The summed E-state index contributed by atoms with van der Waals surface area (Å²) in [7, 11) is 0. The van der Waals surface area contributed by atoms with Crippen LogP contribution in [-0.4, -0.2) is 36.3 Å². The molecular formula is C16H22N2O4S. The Balaban J connectivity index is 2.41. The van der Waals surface area contributed by atoms with E-state index < -0.39 is 24.0 Å². The van der Waals surface area contributed by atoms with E-state index in [1.165, 1.54) is 24.2 Å². The Hall–Kier alpha value is -2.02. The fraction of sp³-hybridized carbons (Fsp3) is 0.438. The van der Waals surface area contributed by atoms with Gasteiger partial charge in [-0.25, -0.2) is 4.79 Å². The first-order valence-electron chi connectivity index (χ1n) is 7.31. The molecule has 2 N–H and O–H groups in total. The fourth-order valence-corrected chi connectivity index (χ4v) is 2.43. The molecule has 1 aromatic carbocycles. The van der Waals surface area contributed by atoms with Crippen molar-refractivity contribution in [3.8, 4) is 0 Å². The molecule has 1 rings (SSSR count). The topological polar surface area (TPSA) is 84.5 Å². The number of urea groups is 1. The van der Waals surface area contributed by atoms with E-state index in [-0.39, 0.29) is 5.75 Å². The minimum Gasteiger partial charge on any atom is -0.452 e. The lowest BCUT2D eigenvalue weighted by molar-refractivity contribution is -0.151. The molecule has 0 aliphatic rings. The van der Waals surface area contributed by atoms with Gasteiger partial charge in [-0.1, -0.05) is 6.07 Å². The second-order valence-corrected chi connectivity index (χ2v) is 6.06. The molecule has 0 aliphatic carbocycles. The van der Waals surface area contributed by atoms with Crippen molar-refractivity contribution in [3.05, 3.63) is 29.3 Å². The van der Waals surface area contributed by atoms with Crippen LogP contribution < -0.4 is 10.6 Å². The molecule has 1 aromatic rings. The van der Waals surface area contributed by atoms with E-state index in [9.17, 15) is 14.4 Å². The van der Waals surface area contributed by atoms with E-state index in [0.717, 1.165) is 10.5 Å².